The van der Waals surface area contributed by atoms with Gasteiger partial charge in [0.15, 0.2) is 5.78 Å². The Labute approximate surface area is 183 Å². The van der Waals surface area contributed by atoms with Crippen molar-refractivity contribution in [3.63, 3.8) is 0 Å². The number of aryl methyl sites for hydroxylation is 2. The average molecular weight is 442 g/mol. The first-order valence-corrected chi connectivity index (χ1v) is 10.3. The fourth-order valence-corrected chi connectivity index (χ4v) is 3.72. The molecule has 3 aromatic rings. The molecule has 0 N–H and O–H groups in total. The minimum atomic E-state index is -0.463. The van der Waals surface area contributed by atoms with Gasteiger partial charge in [-0.15, -0.1) is 0 Å². The molecule has 0 aromatic carbocycles. The Kier molecular flexibility index (Phi) is 5.62. The number of aromatic nitrogens is 3. The van der Waals surface area contributed by atoms with Gasteiger partial charge >= 0.3 is 0 Å². The molecule has 0 radical (unpaired) electrons. The van der Waals surface area contributed by atoms with Crippen LogP contribution in [0.4, 0.5) is 4.39 Å². The Morgan fingerprint density at radius 3 is 2.65 bits per heavy atom. The molecule has 31 heavy (non-hydrogen) atoms. The Hall–Kier alpha value is -3.06. The highest BCUT2D eigenvalue weighted by molar-refractivity contribution is 6.31. The summed E-state index contributed by atoms with van der Waals surface area (Å²) in [5, 5.41) is -0.0822. The van der Waals surface area contributed by atoms with Crippen LogP contribution in [0.3, 0.4) is 0 Å². The lowest BCUT2D eigenvalue weighted by atomic mass is 10.1. The first-order chi connectivity index (χ1) is 14.8. The molecule has 1 saturated carbocycles. The van der Waals surface area contributed by atoms with Crippen LogP contribution in [-0.2, 0) is 6.61 Å². The van der Waals surface area contributed by atoms with Gasteiger partial charge in [0.25, 0.3) is 5.56 Å². The van der Waals surface area contributed by atoms with Gasteiger partial charge in [-0.05, 0) is 55.9 Å². The van der Waals surface area contributed by atoms with Crippen molar-refractivity contribution < 1.29 is 13.9 Å². The van der Waals surface area contributed by atoms with Crippen molar-refractivity contribution in [3.05, 3.63) is 80.0 Å². The molecular weight excluding hydrogens is 421 g/mol. The summed E-state index contributed by atoms with van der Waals surface area (Å²) >= 11 is 6.36. The Bertz CT molecular complexity index is 1250. The second kappa shape index (κ2) is 8.23. The molecule has 0 unspecified atom stereocenters. The summed E-state index contributed by atoms with van der Waals surface area (Å²) in [5.74, 6) is -0.0417. The van der Waals surface area contributed by atoms with Gasteiger partial charge in [-0.1, -0.05) is 11.6 Å². The first-order valence-electron chi connectivity index (χ1n) is 9.93. The molecule has 6 nitrogen and oxygen atoms in total. The number of Topliss-reactive ketones (excluding diaryl/α,β-unsaturated/α-hetero) is 1. The largest absolute Gasteiger partial charge is 0.485 e. The highest BCUT2D eigenvalue weighted by Gasteiger charge is 2.27. The summed E-state index contributed by atoms with van der Waals surface area (Å²) in [6, 6.07) is 4.73. The van der Waals surface area contributed by atoms with Crippen LogP contribution in [0.15, 0.2) is 35.4 Å². The second-order valence-corrected chi connectivity index (χ2v) is 8.15. The zero-order chi connectivity index (χ0) is 22.3. The maximum atomic E-state index is 13.6. The van der Waals surface area contributed by atoms with E-state index in [1.165, 1.54) is 17.6 Å². The Balaban J connectivity index is 1.68. The minimum absolute atomic E-state index is 0.0808. The van der Waals surface area contributed by atoms with Crippen LogP contribution >= 0.6 is 11.6 Å². The number of nitrogens with zero attached hydrogens (tertiary/aromatic N) is 3. The Morgan fingerprint density at radius 2 is 1.97 bits per heavy atom. The molecule has 0 saturated heterocycles. The van der Waals surface area contributed by atoms with E-state index in [1.54, 1.807) is 32.2 Å². The second-order valence-electron chi connectivity index (χ2n) is 7.77. The lowest BCUT2D eigenvalue weighted by molar-refractivity contribution is 0.101. The standard InChI is InChI=1S/C23H21ClFN3O3/c1-12-9-26-18(14(3)29)8-20(12)28-13(2)6-21(22(24)23(28)30)31-11-19-17(15-4-5-15)7-16(25)10-27-19/h6-10,15H,4-5,11H2,1-3H3. The third-order valence-corrected chi connectivity index (χ3v) is 5.68. The summed E-state index contributed by atoms with van der Waals surface area (Å²) < 4.78 is 20.9. The van der Waals surface area contributed by atoms with Gasteiger partial charge in [0.1, 0.15) is 28.9 Å². The van der Waals surface area contributed by atoms with Crippen molar-refractivity contribution in [2.75, 3.05) is 0 Å². The third kappa shape index (κ3) is 4.23. The average Bonchev–Trinajstić information content (AvgIpc) is 3.57. The van der Waals surface area contributed by atoms with Gasteiger partial charge in [-0.3, -0.25) is 24.1 Å². The number of ketones is 1. The molecule has 160 valence electrons. The van der Waals surface area contributed by atoms with Crippen molar-refractivity contribution in [2.24, 2.45) is 0 Å². The summed E-state index contributed by atoms with van der Waals surface area (Å²) in [4.78, 5) is 33.1. The van der Waals surface area contributed by atoms with Crippen molar-refractivity contribution >= 4 is 17.4 Å². The number of pyridine rings is 3. The number of rotatable bonds is 6. The molecule has 8 heteroatoms. The number of hydrogen-bond acceptors (Lipinski definition) is 5. The molecule has 0 atom stereocenters. The summed E-state index contributed by atoms with van der Waals surface area (Å²) in [6.45, 7) is 5.05. The van der Waals surface area contributed by atoms with E-state index in [0.717, 1.165) is 30.2 Å². The number of halogens is 2. The zero-order valence-electron chi connectivity index (χ0n) is 17.4. The SMILES string of the molecule is CC(=O)c1cc(-n2c(C)cc(OCc3ncc(F)cc3C3CC3)c(Cl)c2=O)c(C)cn1. The van der Waals surface area contributed by atoms with E-state index in [9.17, 15) is 14.0 Å². The van der Waals surface area contributed by atoms with E-state index in [2.05, 4.69) is 9.97 Å². The van der Waals surface area contributed by atoms with Crippen LogP contribution in [0.5, 0.6) is 5.75 Å². The van der Waals surface area contributed by atoms with E-state index < -0.39 is 5.56 Å². The monoisotopic (exact) mass is 441 g/mol. The number of hydrogen-bond donors (Lipinski definition) is 0. The smallest absolute Gasteiger partial charge is 0.277 e. The predicted octanol–water partition coefficient (Wildman–Crippen LogP) is 4.70. The lowest BCUT2D eigenvalue weighted by Crippen LogP contribution is -2.23. The fourth-order valence-electron chi connectivity index (χ4n) is 3.53. The van der Waals surface area contributed by atoms with Gasteiger partial charge in [-0.25, -0.2) is 4.39 Å². The molecule has 3 heterocycles. The summed E-state index contributed by atoms with van der Waals surface area (Å²) in [5.41, 5.74) is 3.12. The van der Waals surface area contributed by atoms with Crippen LogP contribution in [0, 0.1) is 19.7 Å². The third-order valence-electron chi connectivity index (χ3n) is 5.33. The highest BCUT2D eigenvalue weighted by Crippen LogP contribution is 2.41. The first kappa shape index (κ1) is 21.2. The Morgan fingerprint density at radius 1 is 1.23 bits per heavy atom. The molecule has 0 aliphatic heterocycles. The van der Waals surface area contributed by atoms with E-state index in [-0.39, 0.29) is 34.7 Å². The van der Waals surface area contributed by atoms with Crippen molar-refractivity contribution in [1.82, 2.24) is 14.5 Å². The predicted molar refractivity (Wildman–Crippen MR) is 115 cm³/mol. The van der Waals surface area contributed by atoms with Crippen LogP contribution in [-0.4, -0.2) is 20.3 Å². The summed E-state index contributed by atoms with van der Waals surface area (Å²) in [7, 11) is 0. The maximum absolute atomic E-state index is 13.6. The van der Waals surface area contributed by atoms with Gasteiger partial charge in [0, 0.05) is 24.9 Å². The molecule has 1 fully saturated rings. The van der Waals surface area contributed by atoms with Crippen LogP contribution in [0.25, 0.3) is 5.69 Å². The number of carbonyl (C=O) groups excluding carboxylic acids is 1. The highest BCUT2D eigenvalue weighted by atomic mass is 35.5. The molecular formula is C23H21ClFN3O3. The van der Waals surface area contributed by atoms with Gasteiger partial charge < -0.3 is 4.74 Å². The fraction of sp³-hybridized carbons (Fsp3) is 0.304. The van der Waals surface area contributed by atoms with E-state index in [4.69, 9.17) is 16.3 Å². The molecule has 1 aliphatic carbocycles. The van der Waals surface area contributed by atoms with E-state index in [0.29, 0.717) is 23.0 Å². The molecule has 4 rings (SSSR count). The van der Waals surface area contributed by atoms with E-state index >= 15 is 0 Å². The molecule has 3 aromatic heterocycles. The van der Waals surface area contributed by atoms with Crippen molar-refractivity contribution in [3.8, 4) is 11.4 Å². The van der Waals surface area contributed by atoms with E-state index in [1.807, 2.05) is 0 Å². The molecule has 1 aliphatic rings. The van der Waals surface area contributed by atoms with Crippen molar-refractivity contribution in [1.29, 1.82) is 0 Å². The van der Waals surface area contributed by atoms with Gasteiger partial charge in [-0.2, -0.15) is 0 Å². The van der Waals surface area contributed by atoms with Gasteiger partial charge in [0.05, 0.1) is 17.6 Å². The normalized spacial score (nSPS) is 13.3. The quantitative estimate of drug-likeness (QED) is 0.518. The topological polar surface area (TPSA) is 74.1 Å². The van der Waals surface area contributed by atoms with Crippen LogP contribution in [0.1, 0.15) is 58.7 Å². The summed E-state index contributed by atoms with van der Waals surface area (Å²) in [6.07, 6.45) is 4.72. The van der Waals surface area contributed by atoms with Gasteiger partial charge in [0.2, 0.25) is 0 Å². The molecule has 0 amide bonds. The van der Waals surface area contributed by atoms with Crippen LogP contribution < -0.4 is 10.3 Å². The maximum Gasteiger partial charge on any atom is 0.277 e. The lowest BCUT2D eigenvalue weighted by Gasteiger charge is -2.17. The molecule has 0 bridgehead atoms. The zero-order valence-corrected chi connectivity index (χ0v) is 18.2. The van der Waals surface area contributed by atoms with Crippen molar-refractivity contribution in [2.45, 2.75) is 46.1 Å². The van der Waals surface area contributed by atoms with Crippen LogP contribution in [0.2, 0.25) is 5.02 Å². The number of ether oxygens (including phenoxy) is 1. The number of carbonyl (C=O) groups is 1. The molecule has 0 spiro atoms. The minimum Gasteiger partial charge on any atom is -0.485 e.